The number of amides is 2. The normalized spacial score (nSPS) is 10.4. The lowest BCUT2D eigenvalue weighted by atomic mass is 10.2. The van der Waals surface area contributed by atoms with Gasteiger partial charge < -0.3 is 15.2 Å². The van der Waals surface area contributed by atoms with Gasteiger partial charge in [0, 0.05) is 20.0 Å². The van der Waals surface area contributed by atoms with Gasteiger partial charge in [-0.3, -0.25) is 9.59 Å². The SMILES string of the molecule is Cc1nc(CSCC(=O)NCCNC(=O)c2ccccc2F)no1. The van der Waals surface area contributed by atoms with Crippen LogP contribution >= 0.6 is 11.8 Å². The first kappa shape index (κ1) is 17.9. The highest BCUT2D eigenvalue weighted by Gasteiger charge is 2.10. The number of carbonyl (C=O) groups excluding carboxylic acids is 2. The summed E-state index contributed by atoms with van der Waals surface area (Å²) in [6.45, 7) is 2.18. The first-order valence-corrected chi connectivity index (χ1v) is 8.38. The minimum absolute atomic E-state index is 0.0187. The average molecular weight is 352 g/mol. The van der Waals surface area contributed by atoms with Crippen molar-refractivity contribution in [3.63, 3.8) is 0 Å². The molecule has 24 heavy (non-hydrogen) atoms. The Labute approximate surface area is 142 Å². The molecule has 1 aromatic carbocycles. The lowest BCUT2D eigenvalue weighted by molar-refractivity contribution is -0.118. The summed E-state index contributed by atoms with van der Waals surface area (Å²) >= 11 is 1.36. The summed E-state index contributed by atoms with van der Waals surface area (Å²) in [5.41, 5.74) is -0.0187. The molecule has 0 saturated carbocycles. The molecule has 0 saturated heterocycles. The number of thioether (sulfide) groups is 1. The highest BCUT2D eigenvalue weighted by Crippen LogP contribution is 2.08. The third-order valence-corrected chi connectivity index (χ3v) is 3.81. The van der Waals surface area contributed by atoms with Crippen LogP contribution in [0.5, 0.6) is 0 Å². The van der Waals surface area contributed by atoms with E-state index in [9.17, 15) is 14.0 Å². The van der Waals surface area contributed by atoms with Gasteiger partial charge in [-0.25, -0.2) is 4.39 Å². The summed E-state index contributed by atoms with van der Waals surface area (Å²) < 4.78 is 18.2. The number of aryl methyl sites for hydroxylation is 1. The maximum Gasteiger partial charge on any atom is 0.254 e. The van der Waals surface area contributed by atoms with Gasteiger partial charge in [-0.15, -0.1) is 11.8 Å². The molecule has 0 spiro atoms. The number of benzene rings is 1. The van der Waals surface area contributed by atoms with Crippen molar-refractivity contribution in [2.75, 3.05) is 18.8 Å². The number of carbonyl (C=O) groups is 2. The molecule has 2 rings (SSSR count). The largest absolute Gasteiger partial charge is 0.354 e. The van der Waals surface area contributed by atoms with Crippen LogP contribution in [0.25, 0.3) is 0 Å². The molecule has 0 bridgehead atoms. The third-order valence-electron chi connectivity index (χ3n) is 2.89. The van der Waals surface area contributed by atoms with Gasteiger partial charge in [0.15, 0.2) is 5.82 Å². The van der Waals surface area contributed by atoms with E-state index < -0.39 is 11.7 Å². The Morgan fingerprint density at radius 3 is 2.71 bits per heavy atom. The Balaban J connectivity index is 1.59. The number of nitrogens with zero attached hydrogens (tertiary/aromatic N) is 2. The molecule has 0 aliphatic carbocycles. The van der Waals surface area contributed by atoms with Crippen molar-refractivity contribution >= 4 is 23.6 Å². The van der Waals surface area contributed by atoms with Gasteiger partial charge in [0.25, 0.3) is 5.91 Å². The van der Waals surface area contributed by atoms with Crippen LogP contribution < -0.4 is 10.6 Å². The van der Waals surface area contributed by atoms with Crippen molar-refractivity contribution in [2.45, 2.75) is 12.7 Å². The van der Waals surface area contributed by atoms with E-state index in [0.717, 1.165) is 0 Å². The molecular formula is C15H17FN4O3S. The van der Waals surface area contributed by atoms with Crippen molar-refractivity contribution in [3.8, 4) is 0 Å². The van der Waals surface area contributed by atoms with Gasteiger partial charge >= 0.3 is 0 Å². The minimum Gasteiger partial charge on any atom is -0.354 e. The van der Waals surface area contributed by atoms with Crippen LogP contribution in [0.3, 0.4) is 0 Å². The molecule has 1 heterocycles. The molecule has 2 aromatic rings. The second kappa shape index (κ2) is 9.02. The van der Waals surface area contributed by atoms with E-state index >= 15 is 0 Å². The zero-order valence-electron chi connectivity index (χ0n) is 13.0. The van der Waals surface area contributed by atoms with Crippen LogP contribution in [0.4, 0.5) is 4.39 Å². The van der Waals surface area contributed by atoms with Crippen molar-refractivity contribution in [1.29, 1.82) is 0 Å². The second-order valence-electron chi connectivity index (χ2n) is 4.81. The fraction of sp³-hybridized carbons (Fsp3) is 0.333. The summed E-state index contributed by atoms with van der Waals surface area (Å²) in [6, 6.07) is 5.72. The van der Waals surface area contributed by atoms with E-state index in [4.69, 9.17) is 4.52 Å². The van der Waals surface area contributed by atoms with Crippen LogP contribution in [0.1, 0.15) is 22.1 Å². The van der Waals surface area contributed by atoms with E-state index in [0.29, 0.717) is 17.5 Å². The van der Waals surface area contributed by atoms with Gasteiger partial charge in [-0.1, -0.05) is 17.3 Å². The fourth-order valence-corrected chi connectivity index (χ4v) is 2.49. The van der Waals surface area contributed by atoms with Crippen molar-refractivity contribution in [1.82, 2.24) is 20.8 Å². The predicted octanol–water partition coefficient (Wildman–Crippen LogP) is 1.30. The predicted molar refractivity (Wildman–Crippen MR) is 86.9 cm³/mol. The first-order valence-electron chi connectivity index (χ1n) is 7.22. The molecule has 128 valence electrons. The van der Waals surface area contributed by atoms with Crippen molar-refractivity contribution in [2.24, 2.45) is 0 Å². The van der Waals surface area contributed by atoms with E-state index in [-0.39, 0.29) is 30.3 Å². The van der Waals surface area contributed by atoms with Gasteiger partial charge in [-0.05, 0) is 12.1 Å². The molecule has 2 amide bonds. The summed E-state index contributed by atoms with van der Waals surface area (Å²) in [4.78, 5) is 27.4. The fourth-order valence-electron chi connectivity index (χ4n) is 1.80. The van der Waals surface area contributed by atoms with E-state index in [1.54, 1.807) is 13.0 Å². The van der Waals surface area contributed by atoms with Crippen LogP contribution in [-0.2, 0) is 10.5 Å². The number of rotatable bonds is 8. The molecule has 9 heteroatoms. The van der Waals surface area contributed by atoms with E-state index in [2.05, 4.69) is 20.8 Å². The van der Waals surface area contributed by atoms with E-state index in [1.165, 1.54) is 30.0 Å². The number of aromatic nitrogens is 2. The molecule has 0 radical (unpaired) electrons. The smallest absolute Gasteiger partial charge is 0.254 e. The van der Waals surface area contributed by atoms with E-state index in [1.807, 2.05) is 0 Å². The maximum absolute atomic E-state index is 13.4. The standard InChI is InChI=1S/C15H17FN4O3S/c1-10-19-13(20-23-10)8-24-9-14(21)17-6-7-18-15(22)11-4-2-3-5-12(11)16/h2-5H,6-9H2,1H3,(H,17,21)(H,18,22). The Morgan fingerprint density at radius 2 is 2.00 bits per heavy atom. The molecule has 7 nitrogen and oxygen atoms in total. The molecular weight excluding hydrogens is 335 g/mol. The number of hydrogen-bond acceptors (Lipinski definition) is 6. The third kappa shape index (κ3) is 5.65. The monoisotopic (exact) mass is 352 g/mol. The lowest BCUT2D eigenvalue weighted by Gasteiger charge is -2.07. The highest BCUT2D eigenvalue weighted by molar-refractivity contribution is 7.99. The van der Waals surface area contributed by atoms with Crippen LogP contribution in [0, 0.1) is 12.7 Å². The Kier molecular flexibility index (Phi) is 6.74. The van der Waals surface area contributed by atoms with Gasteiger partial charge in [0.2, 0.25) is 11.8 Å². The minimum atomic E-state index is -0.577. The molecule has 0 aliphatic rings. The lowest BCUT2D eigenvalue weighted by Crippen LogP contribution is -2.35. The Bertz CT molecular complexity index is 708. The summed E-state index contributed by atoms with van der Waals surface area (Å²) in [6.07, 6.45) is 0. The average Bonchev–Trinajstić information content (AvgIpc) is 2.97. The maximum atomic E-state index is 13.4. The van der Waals surface area contributed by atoms with Crippen LogP contribution in [-0.4, -0.2) is 40.8 Å². The summed E-state index contributed by atoms with van der Waals surface area (Å²) in [5.74, 6) is 0.503. The molecule has 0 unspecified atom stereocenters. The van der Waals surface area contributed by atoms with Crippen LogP contribution in [0.2, 0.25) is 0 Å². The zero-order valence-corrected chi connectivity index (χ0v) is 13.9. The molecule has 2 N–H and O–H groups in total. The molecule has 1 aromatic heterocycles. The number of nitrogens with one attached hydrogen (secondary N) is 2. The van der Waals surface area contributed by atoms with Gasteiger partial charge in [-0.2, -0.15) is 4.98 Å². The quantitative estimate of drug-likeness (QED) is 0.695. The van der Waals surface area contributed by atoms with Gasteiger partial charge in [0.1, 0.15) is 5.82 Å². The van der Waals surface area contributed by atoms with Crippen LogP contribution in [0.15, 0.2) is 28.8 Å². The molecule has 0 aliphatic heterocycles. The highest BCUT2D eigenvalue weighted by atomic mass is 32.2. The first-order chi connectivity index (χ1) is 11.6. The second-order valence-corrected chi connectivity index (χ2v) is 5.79. The number of halogens is 1. The Morgan fingerprint density at radius 1 is 1.25 bits per heavy atom. The van der Waals surface area contributed by atoms with Crippen molar-refractivity contribution in [3.05, 3.63) is 47.4 Å². The number of hydrogen-bond donors (Lipinski definition) is 2. The molecule has 0 fully saturated rings. The summed E-state index contributed by atoms with van der Waals surface area (Å²) in [5, 5.41) is 8.94. The Hall–Kier alpha value is -2.42. The molecule has 0 atom stereocenters. The summed E-state index contributed by atoms with van der Waals surface area (Å²) in [7, 11) is 0. The zero-order chi connectivity index (χ0) is 17.4. The van der Waals surface area contributed by atoms with Gasteiger partial charge in [0.05, 0.1) is 17.1 Å². The van der Waals surface area contributed by atoms with Crippen molar-refractivity contribution < 1.29 is 18.5 Å². The topological polar surface area (TPSA) is 97.1 Å².